The van der Waals surface area contributed by atoms with Crippen LogP contribution in [0.25, 0.3) is 11.1 Å². The minimum Gasteiger partial charge on any atom is -0.361 e. The Kier molecular flexibility index (Phi) is 6.05. The lowest BCUT2D eigenvalue weighted by molar-refractivity contribution is -0.00320. The molecule has 0 N–H and O–H groups in total. The number of rotatable bonds is 6. The molecule has 0 saturated carbocycles. The molecular formula is C27H18N4O. The van der Waals surface area contributed by atoms with E-state index in [1.54, 1.807) is 48.5 Å². The van der Waals surface area contributed by atoms with Crippen LogP contribution in [0.4, 0.5) is 0 Å². The number of carbonyl (C=O) groups is 1. The smallest absolute Gasteiger partial charge is 0.330 e. The molecule has 0 radical (unpaired) electrons. The molecule has 0 aliphatic rings. The fourth-order valence-corrected chi connectivity index (χ4v) is 3.65. The number of hydrogen-bond donors (Lipinski definition) is 0. The van der Waals surface area contributed by atoms with Crippen LogP contribution in [0.5, 0.6) is 0 Å². The number of carbonyl (C=O) groups excluding carboxylic acids is 1. The van der Waals surface area contributed by atoms with E-state index in [0.717, 1.165) is 0 Å². The first-order valence-electron chi connectivity index (χ1n) is 10.0. The minimum atomic E-state index is -0.273. The summed E-state index contributed by atoms with van der Waals surface area (Å²) in [6, 6.07) is 32.3. The van der Waals surface area contributed by atoms with Crippen molar-refractivity contribution in [1.29, 1.82) is 0 Å². The van der Waals surface area contributed by atoms with Crippen LogP contribution < -0.4 is 0 Å². The third-order valence-electron chi connectivity index (χ3n) is 5.15. The second-order valence-corrected chi connectivity index (χ2v) is 7.05. The van der Waals surface area contributed by atoms with E-state index in [2.05, 4.69) is 9.58 Å². The van der Waals surface area contributed by atoms with Gasteiger partial charge in [-0.25, -0.2) is 0 Å². The molecule has 0 spiro atoms. The van der Waals surface area contributed by atoms with Crippen molar-refractivity contribution in [2.45, 2.75) is 0 Å². The topological polar surface area (TPSA) is 89.9 Å². The molecule has 0 aromatic heterocycles. The molecule has 152 valence electrons. The molecule has 4 aromatic carbocycles. The summed E-state index contributed by atoms with van der Waals surface area (Å²) < 4.78 is 0. The monoisotopic (exact) mass is 414 g/mol. The lowest BCUT2D eigenvalue weighted by atomic mass is 9.89. The lowest BCUT2D eigenvalue weighted by Crippen LogP contribution is -2.16. The summed E-state index contributed by atoms with van der Waals surface area (Å²) in [4.78, 5) is 20.7. The molecule has 0 fully saturated rings. The molecule has 0 bridgehead atoms. The van der Waals surface area contributed by atoms with Crippen molar-refractivity contribution in [2.24, 2.45) is 0 Å². The molecule has 0 aliphatic heterocycles. The molecule has 5 nitrogen and oxygen atoms in total. The molecule has 0 amide bonds. The quantitative estimate of drug-likeness (QED) is 0.188. The summed E-state index contributed by atoms with van der Waals surface area (Å²) in [5, 5.41) is 0. The van der Waals surface area contributed by atoms with Gasteiger partial charge in [0.25, 0.3) is 0 Å². The van der Waals surface area contributed by atoms with Crippen LogP contribution in [0.15, 0.2) is 109 Å². The van der Waals surface area contributed by atoms with E-state index in [-0.39, 0.29) is 5.78 Å². The SMILES string of the molecule is [N-]=[N+]=C(c1ccccc1)c1ccccc1C(=O)c1ccccc1C(=[N+]=[N-])c1ccccc1. The first-order valence-corrected chi connectivity index (χ1v) is 10.0. The highest BCUT2D eigenvalue weighted by molar-refractivity contribution is 6.23. The molecule has 0 heterocycles. The summed E-state index contributed by atoms with van der Waals surface area (Å²) in [6.45, 7) is 0. The van der Waals surface area contributed by atoms with E-state index in [1.165, 1.54) is 0 Å². The van der Waals surface area contributed by atoms with Gasteiger partial charge in [0.2, 0.25) is 0 Å². The Morgan fingerprint density at radius 3 is 1.12 bits per heavy atom. The largest absolute Gasteiger partial charge is 0.361 e. The van der Waals surface area contributed by atoms with Crippen molar-refractivity contribution >= 4 is 17.2 Å². The summed E-state index contributed by atoms with van der Waals surface area (Å²) >= 11 is 0. The fraction of sp³-hybridized carbons (Fsp3) is 0. The van der Waals surface area contributed by atoms with Gasteiger partial charge in [0.1, 0.15) is 0 Å². The minimum absolute atomic E-state index is 0.273. The zero-order valence-electron chi connectivity index (χ0n) is 17.1. The van der Waals surface area contributed by atoms with Crippen molar-refractivity contribution in [2.75, 3.05) is 0 Å². The Morgan fingerprint density at radius 1 is 0.469 bits per heavy atom. The van der Waals surface area contributed by atoms with Crippen molar-refractivity contribution in [1.82, 2.24) is 0 Å². The first kappa shape index (κ1) is 20.6. The molecular weight excluding hydrogens is 396 g/mol. The van der Waals surface area contributed by atoms with Gasteiger partial charge in [0.15, 0.2) is 5.78 Å². The number of hydrogen-bond acceptors (Lipinski definition) is 1. The van der Waals surface area contributed by atoms with Gasteiger partial charge in [0, 0.05) is 11.1 Å². The van der Waals surface area contributed by atoms with Crippen molar-refractivity contribution < 1.29 is 14.4 Å². The van der Waals surface area contributed by atoms with E-state index in [9.17, 15) is 15.9 Å². The zero-order valence-corrected chi connectivity index (χ0v) is 17.1. The highest BCUT2D eigenvalue weighted by Gasteiger charge is 2.27. The van der Waals surface area contributed by atoms with Crippen molar-refractivity contribution in [3.63, 3.8) is 0 Å². The van der Waals surface area contributed by atoms with Gasteiger partial charge in [-0.15, -0.1) is 0 Å². The Labute approximate surface area is 185 Å². The van der Waals surface area contributed by atoms with Crippen LogP contribution in [0.1, 0.15) is 38.2 Å². The molecule has 4 aromatic rings. The maximum absolute atomic E-state index is 13.7. The molecule has 0 saturated heterocycles. The first-order chi connectivity index (χ1) is 15.7. The fourth-order valence-electron chi connectivity index (χ4n) is 3.65. The van der Waals surface area contributed by atoms with Crippen molar-refractivity contribution in [3.05, 3.63) is 154 Å². The highest BCUT2D eigenvalue weighted by Crippen LogP contribution is 2.22. The van der Waals surface area contributed by atoms with Gasteiger partial charge >= 0.3 is 11.4 Å². The summed E-state index contributed by atoms with van der Waals surface area (Å²) in [6.07, 6.45) is 0. The van der Waals surface area contributed by atoms with Crippen LogP contribution in [-0.2, 0) is 0 Å². The van der Waals surface area contributed by atoms with Crippen LogP contribution in [-0.4, -0.2) is 26.8 Å². The normalized spacial score (nSPS) is 10.0. The van der Waals surface area contributed by atoms with Gasteiger partial charge in [-0.1, -0.05) is 72.8 Å². The Morgan fingerprint density at radius 2 is 0.781 bits per heavy atom. The second-order valence-electron chi connectivity index (χ2n) is 7.05. The maximum Gasteiger partial charge on any atom is 0.330 e. The molecule has 0 aliphatic carbocycles. The predicted molar refractivity (Wildman–Crippen MR) is 123 cm³/mol. The summed E-state index contributed by atoms with van der Waals surface area (Å²) in [5.41, 5.74) is 23.3. The highest BCUT2D eigenvalue weighted by atomic mass is 16.1. The average molecular weight is 414 g/mol. The van der Waals surface area contributed by atoms with Crippen LogP contribution in [0, 0.1) is 0 Å². The average Bonchev–Trinajstić information content (AvgIpc) is 2.86. The Hall–Kier alpha value is -4.69. The third-order valence-corrected chi connectivity index (χ3v) is 5.15. The van der Waals surface area contributed by atoms with Crippen LogP contribution in [0.2, 0.25) is 0 Å². The van der Waals surface area contributed by atoms with Crippen LogP contribution in [0.3, 0.4) is 0 Å². The van der Waals surface area contributed by atoms with E-state index >= 15 is 0 Å². The zero-order chi connectivity index (χ0) is 22.3. The Bertz CT molecular complexity index is 1270. The predicted octanol–water partition coefficient (Wildman–Crippen LogP) is 5.05. The molecule has 0 unspecified atom stereocenters. The second kappa shape index (κ2) is 9.41. The van der Waals surface area contributed by atoms with E-state index in [1.807, 2.05) is 60.7 Å². The van der Waals surface area contributed by atoms with Crippen molar-refractivity contribution in [3.8, 4) is 0 Å². The van der Waals surface area contributed by atoms with Gasteiger partial charge in [0.05, 0.1) is 22.3 Å². The summed E-state index contributed by atoms with van der Waals surface area (Å²) in [5.74, 6) is -0.273. The standard InChI is InChI=1S/C27H18N4O/c28-30-25(19-11-3-1-4-12-19)21-15-7-9-17-23(21)27(32)24-18-10-8-16-22(24)26(31-29)20-13-5-2-6-14-20/h1-18H. The number of ketones is 1. The molecule has 4 rings (SSSR count). The molecule has 32 heavy (non-hydrogen) atoms. The summed E-state index contributed by atoms with van der Waals surface area (Å²) in [7, 11) is 0. The van der Waals surface area contributed by atoms with Gasteiger partial charge in [-0.2, -0.15) is 9.58 Å². The van der Waals surface area contributed by atoms with Crippen LogP contribution >= 0.6 is 0 Å². The lowest BCUT2D eigenvalue weighted by Gasteiger charge is -2.09. The van der Waals surface area contributed by atoms with E-state index < -0.39 is 0 Å². The molecule has 5 heteroatoms. The third kappa shape index (κ3) is 3.98. The number of nitrogens with zero attached hydrogens (tertiary/aromatic N) is 4. The van der Waals surface area contributed by atoms with E-state index in [4.69, 9.17) is 0 Å². The maximum atomic E-state index is 13.7. The Balaban J connectivity index is 1.85. The molecule has 0 atom stereocenters. The van der Waals surface area contributed by atoms with Gasteiger partial charge in [-0.3, -0.25) is 4.79 Å². The van der Waals surface area contributed by atoms with Gasteiger partial charge in [-0.05, 0) is 36.4 Å². The van der Waals surface area contributed by atoms with Gasteiger partial charge < -0.3 is 11.1 Å². The van der Waals surface area contributed by atoms with E-state index in [0.29, 0.717) is 44.8 Å². The number of benzene rings is 4.